The van der Waals surface area contributed by atoms with Gasteiger partial charge >= 0.3 is 0 Å². The monoisotopic (exact) mass is 401 g/mol. The number of oxime groups is 1. The van der Waals surface area contributed by atoms with Crippen molar-refractivity contribution in [1.29, 1.82) is 0 Å². The lowest BCUT2D eigenvalue weighted by Crippen LogP contribution is -2.30. The van der Waals surface area contributed by atoms with Gasteiger partial charge in [-0.3, -0.25) is 4.21 Å². The third kappa shape index (κ3) is 3.11. The van der Waals surface area contributed by atoms with Crippen molar-refractivity contribution in [3.8, 4) is 0 Å². The Morgan fingerprint density at radius 1 is 1.32 bits per heavy atom. The van der Waals surface area contributed by atoms with Crippen LogP contribution in [-0.2, 0) is 22.2 Å². The second-order valence-corrected chi connectivity index (χ2v) is 9.83. The normalized spacial score (nSPS) is 28.0. The molecule has 5 rings (SSSR count). The molecule has 2 aromatic rings. The van der Waals surface area contributed by atoms with Crippen molar-refractivity contribution in [3.05, 3.63) is 18.0 Å². The fourth-order valence-corrected chi connectivity index (χ4v) is 6.33. The van der Waals surface area contributed by atoms with E-state index in [-0.39, 0.29) is 5.60 Å². The first-order chi connectivity index (χ1) is 13.7. The van der Waals surface area contributed by atoms with Gasteiger partial charge in [-0.25, -0.2) is 9.67 Å². The smallest absolute Gasteiger partial charge is 0.159 e. The third-order valence-corrected chi connectivity index (χ3v) is 7.79. The highest BCUT2D eigenvalue weighted by molar-refractivity contribution is 7.85. The van der Waals surface area contributed by atoms with Gasteiger partial charge in [0, 0.05) is 53.7 Å². The van der Waals surface area contributed by atoms with E-state index in [1.54, 1.807) is 0 Å². The molecule has 0 radical (unpaired) electrons. The summed E-state index contributed by atoms with van der Waals surface area (Å²) in [6.07, 6.45) is 11.6. The zero-order valence-corrected chi connectivity index (χ0v) is 17.1. The highest BCUT2D eigenvalue weighted by Crippen LogP contribution is 2.38. The van der Waals surface area contributed by atoms with E-state index in [0.717, 1.165) is 41.0 Å². The highest BCUT2D eigenvalue weighted by atomic mass is 32.2. The summed E-state index contributed by atoms with van der Waals surface area (Å²) in [7, 11) is -0.797. The fourth-order valence-electron chi connectivity index (χ4n) is 4.70. The van der Waals surface area contributed by atoms with Gasteiger partial charge < -0.3 is 10.2 Å². The summed E-state index contributed by atoms with van der Waals surface area (Å²) in [5.41, 5.74) is 3.51. The lowest BCUT2D eigenvalue weighted by Gasteiger charge is -2.25. The molecule has 2 aromatic heterocycles. The molecule has 3 aliphatic rings. The molecular formula is C20H27N5O2S. The highest BCUT2D eigenvalue weighted by Gasteiger charge is 2.46. The number of fused-ring (bicyclic) bond motifs is 1. The molecule has 1 saturated carbocycles. The molecular weight excluding hydrogens is 374 g/mol. The van der Waals surface area contributed by atoms with Crippen molar-refractivity contribution in [2.75, 3.05) is 16.8 Å². The maximum atomic E-state index is 11.9. The van der Waals surface area contributed by atoms with Crippen molar-refractivity contribution < 1.29 is 9.05 Å². The number of aromatic nitrogens is 3. The molecule has 0 bridgehead atoms. The van der Waals surface area contributed by atoms with Crippen LogP contribution in [0.1, 0.15) is 57.4 Å². The maximum Gasteiger partial charge on any atom is 0.159 e. The second kappa shape index (κ2) is 7.13. The summed E-state index contributed by atoms with van der Waals surface area (Å²) < 4.78 is 13.9. The minimum absolute atomic E-state index is 0.384. The van der Waals surface area contributed by atoms with E-state index >= 15 is 0 Å². The topological polar surface area (TPSA) is 81.4 Å². The number of nitrogens with zero attached hydrogens (tertiary/aromatic N) is 4. The average molecular weight is 402 g/mol. The van der Waals surface area contributed by atoms with E-state index < -0.39 is 10.8 Å². The molecule has 2 unspecified atom stereocenters. The zero-order valence-electron chi connectivity index (χ0n) is 16.3. The molecule has 1 N–H and O–H groups in total. The van der Waals surface area contributed by atoms with E-state index in [4.69, 9.17) is 9.82 Å². The second-order valence-electron chi connectivity index (χ2n) is 8.25. The van der Waals surface area contributed by atoms with Gasteiger partial charge in [-0.15, -0.1) is 0 Å². The number of hydrogen-bond acceptors (Lipinski definition) is 6. The molecule has 0 aromatic carbocycles. The molecule has 1 saturated heterocycles. The van der Waals surface area contributed by atoms with Crippen molar-refractivity contribution in [2.24, 2.45) is 5.16 Å². The van der Waals surface area contributed by atoms with Gasteiger partial charge in [0.1, 0.15) is 0 Å². The Morgan fingerprint density at radius 2 is 2.18 bits per heavy atom. The van der Waals surface area contributed by atoms with Crippen LogP contribution in [0.2, 0.25) is 0 Å². The average Bonchev–Trinajstić information content (AvgIpc) is 3.42. The largest absolute Gasteiger partial charge is 0.388 e. The zero-order chi connectivity index (χ0) is 19.1. The number of rotatable bonds is 4. The van der Waals surface area contributed by atoms with Crippen LogP contribution in [0.4, 0.5) is 5.69 Å². The molecule has 7 nitrogen and oxygen atoms in total. The first-order valence-electron chi connectivity index (χ1n) is 10.4. The van der Waals surface area contributed by atoms with Gasteiger partial charge in [0.25, 0.3) is 0 Å². The van der Waals surface area contributed by atoms with Crippen LogP contribution in [0.3, 0.4) is 0 Å². The number of pyridine rings is 1. The van der Waals surface area contributed by atoms with E-state index in [0.29, 0.717) is 24.0 Å². The third-order valence-electron chi connectivity index (χ3n) is 6.28. The summed E-state index contributed by atoms with van der Waals surface area (Å²) in [6.45, 7) is 2.87. The van der Waals surface area contributed by atoms with Crippen molar-refractivity contribution >= 4 is 33.2 Å². The molecule has 28 heavy (non-hydrogen) atoms. The molecule has 150 valence electrons. The van der Waals surface area contributed by atoms with Gasteiger partial charge in [-0.05, 0) is 19.8 Å². The first kappa shape index (κ1) is 18.1. The van der Waals surface area contributed by atoms with Crippen LogP contribution in [-0.4, -0.2) is 47.8 Å². The fraction of sp³-hybridized carbons (Fsp3) is 0.650. The molecule has 4 heterocycles. The molecule has 8 heteroatoms. The standard InChI is InChI=1S/C20H27N5O2S/c1-2-25-19-16(12-22-25)18(23-14-6-4-3-5-7-14)15(11-21-19)17-10-20(27-24-17)8-9-28(26)13-20/h11-12,14H,2-10,13H2,1H3,(H,21,23). The molecule has 1 spiro atoms. The van der Waals surface area contributed by atoms with Crippen molar-refractivity contribution in [1.82, 2.24) is 14.8 Å². The first-order valence-corrected chi connectivity index (χ1v) is 11.9. The quantitative estimate of drug-likeness (QED) is 0.851. The van der Waals surface area contributed by atoms with E-state index in [1.807, 2.05) is 17.1 Å². The summed E-state index contributed by atoms with van der Waals surface area (Å²) in [5, 5.41) is 13.8. The Morgan fingerprint density at radius 3 is 2.93 bits per heavy atom. The summed E-state index contributed by atoms with van der Waals surface area (Å²) >= 11 is 0. The van der Waals surface area contributed by atoms with Crippen LogP contribution in [0.15, 0.2) is 17.5 Å². The number of anilines is 1. The Labute approximate surface area is 167 Å². The lowest BCUT2D eigenvalue weighted by atomic mass is 9.92. The summed E-state index contributed by atoms with van der Waals surface area (Å²) in [5.74, 6) is 1.28. The van der Waals surface area contributed by atoms with E-state index in [1.165, 1.54) is 32.1 Å². The molecule has 2 atom stereocenters. The van der Waals surface area contributed by atoms with Gasteiger partial charge in [-0.1, -0.05) is 24.4 Å². The maximum absolute atomic E-state index is 11.9. The molecule has 1 aliphatic carbocycles. The predicted molar refractivity (Wildman–Crippen MR) is 111 cm³/mol. The van der Waals surface area contributed by atoms with Crippen molar-refractivity contribution in [2.45, 2.75) is 70.1 Å². The van der Waals surface area contributed by atoms with Crippen LogP contribution in [0, 0.1) is 0 Å². The number of nitrogens with one attached hydrogen (secondary N) is 1. The predicted octanol–water partition coefficient (Wildman–Crippen LogP) is 3.21. The van der Waals surface area contributed by atoms with Gasteiger partial charge in [0.2, 0.25) is 0 Å². The lowest BCUT2D eigenvalue weighted by molar-refractivity contribution is 0.00312. The summed E-state index contributed by atoms with van der Waals surface area (Å²) in [6, 6.07) is 0.471. The SMILES string of the molecule is CCn1ncc2c(NC3CCCCC3)c(C3=NOC4(CCS(=O)C4)C3)cnc21. The minimum atomic E-state index is -0.797. The van der Waals surface area contributed by atoms with Gasteiger partial charge in [0.15, 0.2) is 11.2 Å². The Bertz CT molecular complexity index is 949. The van der Waals surface area contributed by atoms with E-state index in [2.05, 4.69) is 22.5 Å². The number of aryl methyl sites for hydroxylation is 1. The molecule has 2 aliphatic heterocycles. The number of hydrogen-bond donors (Lipinski definition) is 1. The van der Waals surface area contributed by atoms with E-state index in [9.17, 15) is 4.21 Å². The molecule has 0 amide bonds. The summed E-state index contributed by atoms with van der Waals surface area (Å²) in [4.78, 5) is 10.5. The van der Waals surface area contributed by atoms with Crippen LogP contribution >= 0.6 is 0 Å². The Hall–Kier alpha value is -1.96. The van der Waals surface area contributed by atoms with Crippen LogP contribution in [0.5, 0.6) is 0 Å². The minimum Gasteiger partial charge on any atom is -0.388 e. The Kier molecular flexibility index (Phi) is 4.61. The molecule has 2 fully saturated rings. The van der Waals surface area contributed by atoms with Crippen LogP contribution in [0.25, 0.3) is 11.0 Å². The van der Waals surface area contributed by atoms with Crippen molar-refractivity contribution in [3.63, 3.8) is 0 Å². The van der Waals surface area contributed by atoms with Gasteiger partial charge in [0.05, 0.1) is 28.7 Å². The Balaban J connectivity index is 1.52. The van der Waals surface area contributed by atoms with Crippen LogP contribution < -0.4 is 5.32 Å². The van der Waals surface area contributed by atoms with Gasteiger partial charge in [-0.2, -0.15) is 5.10 Å².